The largest absolute Gasteiger partial charge is 0.447 e. The molecule has 1 unspecified atom stereocenters. The Balaban J connectivity index is 1.36. The molecule has 3 heterocycles. The van der Waals surface area contributed by atoms with Gasteiger partial charge in [-0.1, -0.05) is 6.07 Å². The Morgan fingerprint density at radius 2 is 1.83 bits per heavy atom. The lowest BCUT2D eigenvalue weighted by atomic mass is 10.1. The van der Waals surface area contributed by atoms with Crippen LogP contribution in [0, 0.1) is 6.92 Å². The zero-order chi connectivity index (χ0) is 24.9. The molecule has 0 N–H and O–H groups in total. The maximum Gasteiger partial charge on any atom is 0.414 e. The molecule has 3 fully saturated rings. The third-order valence-corrected chi connectivity index (χ3v) is 8.01. The molecule has 9 nitrogen and oxygen atoms in total. The molecule has 2 amide bonds. The topological polar surface area (TPSA) is 100 Å². The van der Waals surface area contributed by atoms with Crippen molar-refractivity contribution in [1.82, 2.24) is 9.88 Å². The molecule has 2 saturated heterocycles. The predicted octanol–water partition coefficient (Wildman–Crippen LogP) is 2.98. The van der Waals surface area contributed by atoms with Crippen LogP contribution in [0.15, 0.2) is 35.4 Å². The molecule has 0 spiro atoms. The first-order chi connectivity index (χ1) is 16.6. The van der Waals surface area contributed by atoms with Crippen LogP contribution >= 0.6 is 0 Å². The number of hydrogen-bond donors (Lipinski definition) is 0. The fourth-order valence-corrected chi connectivity index (χ4v) is 5.75. The minimum Gasteiger partial charge on any atom is -0.447 e. The first-order valence-corrected chi connectivity index (χ1v) is 13.8. The minimum absolute atomic E-state index is 0.0782. The van der Waals surface area contributed by atoms with Gasteiger partial charge in [0.1, 0.15) is 12.4 Å². The second-order valence-electron chi connectivity index (χ2n) is 9.73. The van der Waals surface area contributed by atoms with Gasteiger partial charge in [-0.25, -0.2) is 18.2 Å². The van der Waals surface area contributed by atoms with Crippen LogP contribution in [0.3, 0.4) is 0 Å². The lowest BCUT2D eigenvalue weighted by molar-refractivity contribution is 0.0742. The second kappa shape index (κ2) is 8.82. The number of carbonyl (C=O) groups is 2. The Kier molecular flexibility index (Phi) is 5.94. The monoisotopic (exact) mass is 498 g/mol. The third-order valence-electron chi connectivity index (χ3n) is 6.87. The number of aryl methyl sites for hydroxylation is 1. The summed E-state index contributed by atoms with van der Waals surface area (Å²) in [5, 5.41) is 0. The molecule has 35 heavy (non-hydrogen) atoms. The highest BCUT2D eigenvalue weighted by Gasteiger charge is 2.34. The number of nitrogens with zero attached hydrogens (tertiary/aromatic N) is 4. The number of amides is 2. The number of aromatic nitrogens is 1. The number of hydrogen-bond acceptors (Lipinski definition) is 7. The summed E-state index contributed by atoms with van der Waals surface area (Å²) < 4.78 is 30.3. The van der Waals surface area contributed by atoms with Crippen molar-refractivity contribution in [2.45, 2.75) is 43.5 Å². The van der Waals surface area contributed by atoms with Gasteiger partial charge in [0, 0.05) is 44.3 Å². The van der Waals surface area contributed by atoms with Crippen molar-refractivity contribution in [2.24, 2.45) is 0 Å². The van der Waals surface area contributed by atoms with Crippen LogP contribution in [0.25, 0.3) is 0 Å². The van der Waals surface area contributed by atoms with Gasteiger partial charge in [-0.05, 0) is 61.9 Å². The van der Waals surface area contributed by atoms with E-state index < -0.39 is 15.9 Å². The first-order valence-electron chi connectivity index (χ1n) is 11.9. The van der Waals surface area contributed by atoms with Crippen LogP contribution in [0.2, 0.25) is 0 Å². The zero-order valence-corrected chi connectivity index (χ0v) is 21.0. The molecule has 1 aromatic heterocycles. The SMILES string of the molecule is Cc1cnc(N2CCN(C(=O)c3ccc(N4C(=O)OCC4C)cc3S(C)(=O)=O)CC2)c(C2CC2)c1. The smallest absolute Gasteiger partial charge is 0.414 e. The number of benzene rings is 1. The van der Waals surface area contributed by atoms with E-state index in [1.807, 2.05) is 13.1 Å². The van der Waals surface area contributed by atoms with Gasteiger partial charge in [-0.15, -0.1) is 0 Å². The Hall–Kier alpha value is -3.14. The lowest BCUT2D eigenvalue weighted by Gasteiger charge is -2.36. The molecule has 3 aliphatic rings. The molecule has 0 radical (unpaired) electrons. The maximum absolute atomic E-state index is 13.4. The number of carbonyl (C=O) groups excluding carboxylic acids is 2. The van der Waals surface area contributed by atoms with Crippen LogP contribution in [0.5, 0.6) is 0 Å². The van der Waals surface area contributed by atoms with E-state index in [4.69, 9.17) is 9.72 Å². The van der Waals surface area contributed by atoms with Crippen molar-refractivity contribution in [3.8, 4) is 0 Å². The van der Waals surface area contributed by atoms with Crippen molar-refractivity contribution in [3.05, 3.63) is 47.2 Å². The molecule has 2 aromatic rings. The van der Waals surface area contributed by atoms with Crippen LogP contribution in [0.4, 0.5) is 16.3 Å². The van der Waals surface area contributed by atoms with E-state index in [1.54, 1.807) is 11.0 Å². The van der Waals surface area contributed by atoms with Crippen LogP contribution in [-0.4, -0.2) is 75.4 Å². The van der Waals surface area contributed by atoms with Gasteiger partial charge in [0.05, 0.1) is 16.5 Å². The first kappa shape index (κ1) is 23.6. The fourth-order valence-electron chi connectivity index (χ4n) is 4.86. The van der Waals surface area contributed by atoms with E-state index in [1.165, 1.54) is 35.4 Å². The second-order valence-corrected chi connectivity index (χ2v) is 11.7. The molecular formula is C25H30N4O5S. The van der Waals surface area contributed by atoms with E-state index in [0.29, 0.717) is 37.8 Å². The van der Waals surface area contributed by atoms with Crippen molar-refractivity contribution in [1.29, 1.82) is 0 Å². The highest BCUT2D eigenvalue weighted by atomic mass is 32.2. The molecule has 10 heteroatoms. The van der Waals surface area contributed by atoms with Gasteiger partial charge in [0.2, 0.25) is 0 Å². The Labute approximate surface area is 205 Å². The van der Waals surface area contributed by atoms with E-state index >= 15 is 0 Å². The molecule has 2 aliphatic heterocycles. The number of rotatable bonds is 5. The average Bonchev–Trinajstić information content (AvgIpc) is 3.62. The standard InChI is InChI=1S/C25H30N4O5S/c1-16-12-21(18-4-5-18)23(26-14-16)27-8-10-28(11-9-27)24(30)20-7-6-19(13-22(20)35(3,32)33)29-17(2)15-34-25(29)31/h6-7,12-14,17-18H,4-5,8-11,15H2,1-3H3. The van der Waals surface area contributed by atoms with Crippen molar-refractivity contribution in [3.63, 3.8) is 0 Å². The molecule has 0 bridgehead atoms. The van der Waals surface area contributed by atoms with Crippen molar-refractivity contribution in [2.75, 3.05) is 48.8 Å². The van der Waals surface area contributed by atoms with Crippen molar-refractivity contribution < 1.29 is 22.7 Å². The summed E-state index contributed by atoms with van der Waals surface area (Å²) in [6.07, 6.45) is 4.82. The highest BCUT2D eigenvalue weighted by molar-refractivity contribution is 7.90. The summed E-state index contributed by atoms with van der Waals surface area (Å²) in [4.78, 5) is 35.5. The summed E-state index contributed by atoms with van der Waals surface area (Å²) in [5.74, 6) is 1.24. The van der Waals surface area contributed by atoms with Crippen molar-refractivity contribution >= 4 is 33.3 Å². The van der Waals surface area contributed by atoms with Gasteiger partial charge < -0.3 is 14.5 Å². The number of pyridine rings is 1. The van der Waals surface area contributed by atoms with Crippen LogP contribution < -0.4 is 9.80 Å². The molecule has 1 aromatic carbocycles. The highest BCUT2D eigenvalue weighted by Crippen LogP contribution is 2.44. The number of sulfone groups is 1. The number of cyclic esters (lactones) is 1. The Bertz CT molecular complexity index is 1280. The van der Waals surface area contributed by atoms with Crippen LogP contribution in [-0.2, 0) is 14.6 Å². The number of piperazine rings is 1. The van der Waals surface area contributed by atoms with Gasteiger partial charge >= 0.3 is 6.09 Å². The molecule has 5 rings (SSSR count). The van der Waals surface area contributed by atoms with E-state index in [0.717, 1.165) is 17.6 Å². The number of anilines is 2. The summed E-state index contributed by atoms with van der Waals surface area (Å²) in [7, 11) is -3.72. The van der Waals surface area contributed by atoms with E-state index in [9.17, 15) is 18.0 Å². The van der Waals surface area contributed by atoms with Crippen LogP contribution in [0.1, 0.15) is 47.2 Å². The summed E-state index contributed by atoms with van der Waals surface area (Å²) in [5.41, 5.74) is 2.96. The molecule has 1 atom stereocenters. The van der Waals surface area contributed by atoms with Gasteiger partial charge in [-0.2, -0.15) is 0 Å². The van der Waals surface area contributed by atoms with E-state index in [2.05, 4.69) is 17.9 Å². The summed E-state index contributed by atoms with van der Waals surface area (Å²) in [6.45, 7) is 6.31. The van der Waals surface area contributed by atoms with E-state index in [-0.39, 0.29) is 29.0 Å². The van der Waals surface area contributed by atoms with Gasteiger partial charge in [0.15, 0.2) is 9.84 Å². The molecular weight excluding hydrogens is 468 g/mol. The van der Waals surface area contributed by atoms with Gasteiger partial charge in [0.25, 0.3) is 5.91 Å². The molecule has 186 valence electrons. The normalized spacial score (nSPS) is 20.8. The lowest BCUT2D eigenvalue weighted by Crippen LogP contribution is -2.49. The minimum atomic E-state index is -3.72. The predicted molar refractivity (Wildman–Crippen MR) is 132 cm³/mol. The quantitative estimate of drug-likeness (QED) is 0.625. The Morgan fingerprint density at radius 3 is 2.43 bits per heavy atom. The zero-order valence-electron chi connectivity index (χ0n) is 20.2. The van der Waals surface area contributed by atoms with Gasteiger partial charge in [-0.3, -0.25) is 9.69 Å². The molecule has 1 aliphatic carbocycles. The average molecular weight is 499 g/mol. The molecule has 1 saturated carbocycles. The summed E-state index contributed by atoms with van der Waals surface area (Å²) >= 11 is 0. The summed E-state index contributed by atoms with van der Waals surface area (Å²) in [6, 6.07) is 6.51. The maximum atomic E-state index is 13.4. The third kappa shape index (κ3) is 4.59. The Morgan fingerprint density at radius 1 is 1.11 bits per heavy atom. The number of ether oxygens (including phenoxy) is 1. The fraction of sp³-hybridized carbons (Fsp3) is 0.480.